The maximum atomic E-state index is 13.1. The number of aromatic nitrogens is 3. The van der Waals surface area contributed by atoms with Gasteiger partial charge in [0.1, 0.15) is 6.54 Å². The number of morpholine rings is 1. The highest BCUT2D eigenvalue weighted by atomic mass is 35.5. The number of aromatic amines is 1. The second-order valence-electron chi connectivity index (χ2n) is 7.42. The number of para-hydroxylation sites is 1. The van der Waals surface area contributed by atoms with E-state index < -0.39 is 0 Å². The number of H-pyrrole nitrogens is 1. The topological polar surface area (TPSA) is 66.4 Å². The summed E-state index contributed by atoms with van der Waals surface area (Å²) in [5.41, 5.74) is 3.09. The minimum Gasteiger partial charge on any atom is -0.378 e. The number of ether oxygens (including phenoxy) is 1. The molecule has 4 rings (SSSR count). The minimum absolute atomic E-state index is 0.0514. The Morgan fingerprint density at radius 3 is 2.65 bits per heavy atom. The first-order chi connectivity index (χ1) is 15.0. The van der Waals surface area contributed by atoms with Crippen LogP contribution < -0.4 is 4.90 Å². The fourth-order valence-corrected chi connectivity index (χ4v) is 3.96. The van der Waals surface area contributed by atoms with E-state index in [1.54, 1.807) is 21.6 Å². The van der Waals surface area contributed by atoms with Crippen LogP contribution in [0.3, 0.4) is 0 Å². The van der Waals surface area contributed by atoms with Crippen molar-refractivity contribution in [1.82, 2.24) is 19.7 Å². The number of likely N-dealkylation sites (N-methyl/N-ethyl adjacent to an activating group) is 1. The van der Waals surface area contributed by atoms with Crippen LogP contribution in [0.2, 0.25) is 5.02 Å². The van der Waals surface area contributed by atoms with Gasteiger partial charge in [0.15, 0.2) is 10.6 Å². The van der Waals surface area contributed by atoms with E-state index in [0.717, 1.165) is 43.1 Å². The molecule has 0 bridgehead atoms. The van der Waals surface area contributed by atoms with Crippen molar-refractivity contribution in [2.24, 2.45) is 0 Å². The summed E-state index contributed by atoms with van der Waals surface area (Å²) < 4.78 is 7.59. The smallest absolute Gasteiger partial charge is 0.242 e. The van der Waals surface area contributed by atoms with E-state index in [2.05, 4.69) is 27.2 Å². The van der Waals surface area contributed by atoms with E-state index in [9.17, 15) is 4.79 Å². The van der Waals surface area contributed by atoms with Crippen LogP contribution in [-0.4, -0.2) is 58.9 Å². The number of carbonyl (C=O) groups excluding carboxylic acids is 1. The molecule has 1 aromatic heterocycles. The summed E-state index contributed by atoms with van der Waals surface area (Å²) in [6.07, 6.45) is 0. The minimum atomic E-state index is -0.0514. The molecule has 0 saturated carbocycles. The molecule has 9 heteroatoms. The molecule has 0 unspecified atom stereocenters. The highest BCUT2D eigenvalue weighted by Crippen LogP contribution is 2.23. The first-order valence-corrected chi connectivity index (χ1v) is 10.9. The number of rotatable bonds is 6. The molecule has 7 nitrogen and oxygen atoms in total. The summed E-state index contributed by atoms with van der Waals surface area (Å²) in [6.45, 7) is 3.74. The lowest BCUT2D eigenvalue weighted by Gasteiger charge is -2.31. The Kier molecular flexibility index (Phi) is 6.70. The van der Waals surface area contributed by atoms with E-state index in [1.807, 2.05) is 31.3 Å². The summed E-state index contributed by atoms with van der Waals surface area (Å²) in [7, 11) is 1.81. The molecule has 3 aromatic rings. The molecule has 1 aliphatic heterocycles. The molecule has 31 heavy (non-hydrogen) atoms. The maximum Gasteiger partial charge on any atom is 0.242 e. The van der Waals surface area contributed by atoms with Gasteiger partial charge in [0, 0.05) is 43.0 Å². The van der Waals surface area contributed by atoms with Crippen LogP contribution in [0.4, 0.5) is 5.69 Å². The third-order valence-electron chi connectivity index (χ3n) is 5.33. The van der Waals surface area contributed by atoms with Crippen LogP contribution >= 0.6 is 23.8 Å². The average molecular weight is 458 g/mol. The predicted molar refractivity (Wildman–Crippen MR) is 124 cm³/mol. The van der Waals surface area contributed by atoms with E-state index >= 15 is 0 Å². The van der Waals surface area contributed by atoms with Crippen molar-refractivity contribution in [3.63, 3.8) is 0 Å². The van der Waals surface area contributed by atoms with Crippen LogP contribution in [0.25, 0.3) is 11.4 Å². The van der Waals surface area contributed by atoms with Crippen molar-refractivity contribution < 1.29 is 9.53 Å². The molecule has 0 spiro atoms. The number of benzene rings is 2. The zero-order chi connectivity index (χ0) is 21.8. The Balaban J connectivity index is 1.50. The zero-order valence-corrected chi connectivity index (χ0v) is 18.8. The lowest BCUT2D eigenvalue weighted by molar-refractivity contribution is -0.131. The molecule has 2 heterocycles. The van der Waals surface area contributed by atoms with Gasteiger partial charge in [-0.25, -0.2) is 0 Å². The van der Waals surface area contributed by atoms with E-state index in [4.69, 9.17) is 28.6 Å². The third kappa shape index (κ3) is 4.98. The quantitative estimate of drug-likeness (QED) is 0.571. The van der Waals surface area contributed by atoms with Crippen molar-refractivity contribution >= 4 is 35.4 Å². The largest absolute Gasteiger partial charge is 0.378 e. The lowest BCUT2D eigenvalue weighted by atomic mass is 10.1. The highest BCUT2D eigenvalue weighted by Gasteiger charge is 2.19. The second kappa shape index (κ2) is 9.64. The van der Waals surface area contributed by atoms with Crippen molar-refractivity contribution in [2.75, 3.05) is 38.3 Å². The Morgan fingerprint density at radius 2 is 1.90 bits per heavy atom. The van der Waals surface area contributed by atoms with Gasteiger partial charge in [-0.2, -0.15) is 5.10 Å². The average Bonchev–Trinajstić information content (AvgIpc) is 3.15. The highest BCUT2D eigenvalue weighted by molar-refractivity contribution is 7.71. The zero-order valence-electron chi connectivity index (χ0n) is 17.3. The summed E-state index contributed by atoms with van der Waals surface area (Å²) in [5.74, 6) is 0.557. The Hall–Kier alpha value is -2.68. The van der Waals surface area contributed by atoms with Crippen molar-refractivity contribution in [3.8, 4) is 11.4 Å². The van der Waals surface area contributed by atoms with Gasteiger partial charge in [-0.1, -0.05) is 29.8 Å². The molecule has 1 amide bonds. The van der Waals surface area contributed by atoms with Crippen molar-refractivity contribution in [3.05, 3.63) is 63.9 Å². The van der Waals surface area contributed by atoms with Gasteiger partial charge in [0.2, 0.25) is 5.91 Å². The van der Waals surface area contributed by atoms with Crippen LogP contribution in [-0.2, 0) is 22.6 Å². The number of hydrogen-bond donors (Lipinski definition) is 1. The van der Waals surface area contributed by atoms with E-state index in [-0.39, 0.29) is 12.5 Å². The molecule has 1 N–H and O–H groups in total. The SMILES string of the molecule is CN(Cc1ccccc1N1CCOCC1)C(=O)Cn1c(-c2ccc(Cl)cc2)n[nH]c1=S. The normalized spacial score (nSPS) is 13.9. The first-order valence-electron chi connectivity index (χ1n) is 10.1. The van der Waals surface area contributed by atoms with E-state index in [0.29, 0.717) is 22.2 Å². The van der Waals surface area contributed by atoms with Crippen molar-refractivity contribution in [2.45, 2.75) is 13.1 Å². The van der Waals surface area contributed by atoms with Crippen molar-refractivity contribution in [1.29, 1.82) is 0 Å². The number of carbonyl (C=O) groups is 1. The van der Waals surface area contributed by atoms with Crippen LogP contribution in [0, 0.1) is 4.77 Å². The number of hydrogen-bond acceptors (Lipinski definition) is 5. The van der Waals surface area contributed by atoms with Gasteiger partial charge in [0.25, 0.3) is 0 Å². The fraction of sp³-hybridized carbons (Fsp3) is 0.318. The molecule has 1 aliphatic rings. The fourth-order valence-electron chi connectivity index (χ4n) is 3.64. The van der Waals surface area contributed by atoms with Crippen LogP contribution in [0.15, 0.2) is 48.5 Å². The molecule has 0 aliphatic carbocycles. The summed E-state index contributed by atoms with van der Waals surface area (Å²) in [4.78, 5) is 17.1. The summed E-state index contributed by atoms with van der Waals surface area (Å²) in [5, 5.41) is 7.73. The van der Waals surface area contributed by atoms with Crippen LogP contribution in [0.1, 0.15) is 5.56 Å². The monoisotopic (exact) mass is 457 g/mol. The lowest BCUT2D eigenvalue weighted by Crippen LogP contribution is -2.37. The number of nitrogens with zero attached hydrogens (tertiary/aromatic N) is 4. The van der Waals surface area contributed by atoms with Gasteiger partial charge in [-0.15, -0.1) is 0 Å². The number of anilines is 1. The van der Waals surface area contributed by atoms with E-state index in [1.165, 1.54) is 0 Å². The summed E-state index contributed by atoms with van der Waals surface area (Å²) >= 11 is 11.4. The molecular formula is C22H24ClN5O2S. The molecule has 1 fully saturated rings. The van der Waals surface area contributed by atoms with Gasteiger partial charge >= 0.3 is 0 Å². The number of amides is 1. The molecule has 0 atom stereocenters. The number of halogens is 1. The van der Waals surface area contributed by atoms with Gasteiger partial charge < -0.3 is 14.5 Å². The van der Waals surface area contributed by atoms with Crippen LogP contribution in [0.5, 0.6) is 0 Å². The molecule has 162 valence electrons. The molecule has 0 radical (unpaired) electrons. The molecular weight excluding hydrogens is 434 g/mol. The second-order valence-corrected chi connectivity index (χ2v) is 8.25. The molecule has 2 aromatic carbocycles. The Bertz CT molecular complexity index is 1110. The predicted octanol–water partition coefficient (Wildman–Crippen LogP) is 3.76. The summed E-state index contributed by atoms with van der Waals surface area (Å²) in [6, 6.07) is 15.5. The molecule has 1 saturated heterocycles. The van der Waals surface area contributed by atoms with Gasteiger partial charge in [-0.3, -0.25) is 14.5 Å². The van der Waals surface area contributed by atoms with Gasteiger partial charge in [-0.05, 0) is 48.1 Å². The standard InChI is InChI=1S/C22H24ClN5O2S/c1-26(14-17-4-2-3-5-19(17)27-10-12-30-13-11-27)20(29)15-28-21(24-25-22(28)31)16-6-8-18(23)9-7-16/h2-9H,10-15H2,1H3,(H,25,31). The number of nitrogens with one attached hydrogen (secondary N) is 1. The maximum absolute atomic E-state index is 13.1. The van der Waals surface area contributed by atoms with Gasteiger partial charge in [0.05, 0.1) is 13.2 Å². The Morgan fingerprint density at radius 1 is 1.19 bits per heavy atom. The third-order valence-corrected chi connectivity index (χ3v) is 5.89. The Labute approximate surface area is 191 Å². The first kappa shape index (κ1) is 21.5.